The van der Waals surface area contributed by atoms with Gasteiger partial charge in [0.1, 0.15) is 6.61 Å². The molecular weight excluding hydrogens is 270 g/mol. The van der Waals surface area contributed by atoms with Gasteiger partial charge in [0.25, 0.3) is 0 Å². The van der Waals surface area contributed by atoms with Gasteiger partial charge in [-0.2, -0.15) is 0 Å². The molecule has 0 bridgehead atoms. The molecule has 1 heterocycles. The van der Waals surface area contributed by atoms with Crippen molar-refractivity contribution in [3.8, 4) is 12.3 Å². The first-order chi connectivity index (χ1) is 9.51. The number of hydrogen-bond donors (Lipinski definition) is 1. The summed E-state index contributed by atoms with van der Waals surface area (Å²) in [6.07, 6.45) is 4.62. The Labute approximate surface area is 126 Å². The maximum atomic E-state index is 10.0. The third kappa shape index (κ3) is 7.06. The summed E-state index contributed by atoms with van der Waals surface area (Å²) in [4.78, 5) is 4.93. The fourth-order valence-electron chi connectivity index (χ4n) is 2.12. The van der Waals surface area contributed by atoms with Crippen molar-refractivity contribution in [2.45, 2.75) is 33.4 Å². The Bertz CT molecular complexity index is 422. The highest BCUT2D eigenvalue weighted by atomic mass is 32.1. The third-order valence-corrected chi connectivity index (χ3v) is 3.75. The predicted molar refractivity (Wildman–Crippen MR) is 84.8 cm³/mol. The zero-order valence-corrected chi connectivity index (χ0v) is 13.4. The Morgan fingerprint density at radius 1 is 1.40 bits per heavy atom. The zero-order chi connectivity index (χ0) is 15.0. The lowest BCUT2D eigenvalue weighted by atomic mass is 10.2. The molecule has 1 N–H and O–H groups in total. The first kappa shape index (κ1) is 17.2. The van der Waals surface area contributed by atoms with Crippen LogP contribution in [0.5, 0.6) is 0 Å². The molecule has 0 saturated heterocycles. The molecule has 0 aliphatic heterocycles. The summed E-state index contributed by atoms with van der Waals surface area (Å²) in [7, 11) is 0. The first-order valence-electron chi connectivity index (χ1n) is 6.98. The van der Waals surface area contributed by atoms with Crippen LogP contribution >= 0.6 is 11.3 Å². The Morgan fingerprint density at radius 3 is 2.70 bits per heavy atom. The van der Waals surface area contributed by atoms with Crippen LogP contribution < -0.4 is 0 Å². The van der Waals surface area contributed by atoms with E-state index in [0.717, 1.165) is 13.1 Å². The summed E-state index contributed by atoms with van der Waals surface area (Å²) < 4.78 is 5.19. The Kier molecular flexibility index (Phi) is 7.86. The van der Waals surface area contributed by atoms with E-state index in [9.17, 15) is 5.11 Å². The lowest BCUT2D eigenvalue weighted by molar-refractivity contribution is 0.0240. The highest BCUT2D eigenvalue weighted by molar-refractivity contribution is 7.11. The van der Waals surface area contributed by atoms with Crippen LogP contribution in [0.25, 0.3) is 0 Å². The molecule has 1 aromatic heterocycles. The summed E-state index contributed by atoms with van der Waals surface area (Å²) in [6.45, 7) is 9.49. The standard InChI is InChI=1S/C16H25NO2S/c1-5-8-19-12-15(18)10-17(9-13(2)3)11-16-7-6-14(4)20-16/h1,6-7,13,15,18H,8-12H2,2-4H3/t15-/m0/s1. The van der Waals surface area contributed by atoms with Gasteiger partial charge in [-0.05, 0) is 25.0 Å². The van der Waals surface area contributed by atoms with Gasteiger partial charge in [0.2, 0.25) is 0 Å². The Morgan fingerprint density at radius 2 is 2.15 bits per heavy atom. The minimum Gasteiger partial charge on any atom is -0.389 e. The van der Waals surface area contributed by atoms with E-state index in [-0.39, 0.29) is 6.61 Å². The second kappa shape index (κ2) is 9.15. The molecule has 0 amide bonds. The quantitative estimate of drug-likeness (QED) is 0.561. The monoisotopic (exact) mass is 295 g/mol. The van der Waals surface area contributed by atoms with Crippen LogP contribution in [-0.2, 0) is 11.3 Å². The molecule has 0 radical (unpaired) electrons. The molecule has 0 saturated carbocycles. The fourth-order valence-corrected chi connectivity index (χ4v) is 3.05. The van der Waals surface area contributed by atoms with Gasteiger partial charge in [-0.15, -0.1) is 17.8 Å². The van der Waals surface area contributed by atoms with Crippen LogP contribution in [-0.4, -0.2) is 42.4 Å². The highest BCUT2D eigenvalue weighted by Crippen LogP contribution is 2.18. The lowest BCUT2D eigenvalue weighted by Gasteiger charge is -2.26. The maximum absolute atomic E-state index is 10.0. The largest absolute Gasteiger partial charge is 0.389 e. The average Bonchev–Trinajstić information content (AvgIpc) is 2.74. The van der Waals surface area contributed by atoms with Crippen molar-refractivity contribution in [3.63, 3.8) is 0 Å². The van der Waals surface area contributed by atoms with Gasteiger partial charge in [0.05, 0.1) is 12.7 Å². The molecule has 0 aliphatic rings. The molecule has 3 nitrogen and oxygen atoms in total. The molecule has 0 aromatic carbocycles. The number of aryl methyl sites for hydroxylation is 1. The number of ether oxygens (including phenoxy) is 1. The van der Waals surface area contributed by atoms with Gasteiger partial charge in [0.15, 0.2) is 0 Å². The SMILES string of the molecule is C#CCOC[C@@H](O)CN(Cc1ccc(C)s1)CC(C)C. The number of nitrogens with zero attached hydrogens (tertiary/aromatic N) is 1. The average molecular weight is 295 g/mol. The molecule has 1 rings (SSSR count). The lowest BCUT2D eigenvalue weighted by Crippen LogP contribution is -2.36. The molecule has 112 valence electrons. The van der Waals surface area contributed by atoms with Crippen LogP contribution in [0.1, 0.15) is 23.6 Å². The number of rotatable bonds is 9. The maximum Gasteiger partial charge on any atom is 0.107 e. The normalized spacial score (nSPS) is 12.8. The number of thiophene rings is 1. The Balaban J connectivity index is 2.49. The molecule has 0 fully saturated rings. The molecule has 4 heteroatoms. The summed E-state index contributed by atoms with van der Waals surface area (Å²) in [5, 5.41) is 10.0. The summed E-state index contributed by atoms with van der Waals surface area (Å²) in [5.41, 5.74) is 0. The van der Waals surface area contributed by atoms with Crippen LogP contribution in [0.15, 0.2) is 12.1 Å². The zero-order valence-electron chi connectivity index (χ0n) is 12.6. The van der Waals surface area contributed by atoms with Crippen LogP contribution in [0.3, 0.4) is 0 Å². The molecule has 20 heavy (non-hydrogen) atoms. The molecule has 0 aliphatic carbocycles. The van der Waals surface area contributed by atoms with Crippen molar-refractivity contribution in [1.82, 2.24) is 4.90 Å². The third-order valence-electron chi connectivity index (χ3n) is 2.76. The minimum atomic E-state index is -0.497. The van der Waals surface area contributed by atoms with E-state index in [1.165, 1.54) is 9.75 Å². The fraction of sp³-hybridized carbons (Fsp3) is 0.625. The van der Waals surface area contributed by atoms with E-state index in [4.69, 9.17) is 11.2 Å². The minimum absolute atomic E-state index is 0.255. The molecule has 1 aromatic rings. The molecule has 0 spiro atoms. The van der Waals surface area contributed by atoms with E-state index < -0.39 is 6.10 Å². The van der Waals surface area contributed by atoms with Crippen molar-refractivity contribution in [3.05, 3.63) is 21.9 Å². The van der Waals surface area contributed by atoms with E-state index in [1.54, 1.807) is 0 Å². The second-order valence-corrected chi connectivity index (χ2v) is 6.85. The number of hydrogen-bond acceptors (Lipinski definition) is 4. The summed E-state index contributed by atoms with van der Waals surface area (Å²) >= 11 is 1.81. The number of aliphatic hydroxyl groups is 1. The Hall–Kier alpha value is -0.860. The summed E-state index contributed by atoms with van der Waals surface area (Å²) in [6, 6.07) is 4.30. The van der Waals surface area contributed by atoms with Crippen molar-refractivity contribution in [2.24, 2.45) is 5.92 Å². The number of terminal acetylenes is 1. The molecular formula is C16H25NO2S. The van der Waals surface area contributed by atoms with E-state index in [1.807, 2.05) is 11.3 Å². The van der Waals surface area contributed by atoms with Gasteiger partial charge in [-0.1, -0.05) is 19.8 Å². The van der Waals surface area contributed by atoms with Gasteiger partial charge in [0, 0.05) is 29.4 Å². The van der Waals surface area contributed by atoms with Crippen molar-refractivity contribution in [2.75, 3.05) is 26.3 Å². The second-order valence-electron chi connectivity index (χ2n) is 5.47. The van der Waals surface area contributed by atoms with Gasteiger partial charge in [-0.25, -0.2) is 0 Å². The predicted octanol–water partition coefficient (Wildman–Crippen LogP) is 2.53. The van der Waals surface area contributed by atoms with Crippen LogP contribution in [0.4, 0.5) is 0 Å². The summed E-state index contributed by atoms with van der Waals surface area (Å²) in [5.74, 6) is 2.97. The van der Waals surface area contributed by atoms with Gasteiger partial charge < -0.3 is 9.84 Å². The van der Waals surface area contributed by atoms with Crippen LogP contribution in [0.2, 0.25) is 0 Å². The smallest absolute Gasteiger partial charge is 0.107 e. The number of aliphatic hydroxyl groups excluding tert-OH is 1. The van der Waals surface area contributed by atoms with Gasteiger partial charge >= 0.3 is 0 Å². The highest BCUT2D eigenvalue weighted by Gasteiger charge is 2.14. The van der Waals surface area contributed by atoms with Crippen LogP contribution in [0, 0.1) is 25.2 Å². The topological polar surface area (TPSA) is 32.7 Å². The van der Waals surface area contributed by atoms with Crippen molar-refractivity contribution in [1.29, 1.82) is 0 Å². The van der Waals surface area contributed by atoms with E-state index in [0.29, 0.717) is 19.1 Å². The van der Waals surface area contributed by atoms with Crippen molar-refractivity contribution < 1.29 is 9.84 Å². The van der Waals surface area contributed by atoms with E-state index in [2.05, 4.69) is 43.7 Å². The first-order valence-corrected chi connectivity index (χ1v) is 7.79. The molecule has 0 unspecified atom stereocenters. The van der Waals surface area contributed by atoms with E-state index >= 15 is 0 Å². The molecule has 1 atom stereocenters. The van der Waals surface area contributed by atoms with Gasteiger partial charge in [-0.3, -0.25) is 4.90 Å². The van der Waals surface area contributed by atoms with Crippen molar-refractivity contribution >= 4 is 11.3 Å².